The average molecular weight is 474 g/mol. The maximum atomic E-state index is 5.89. The highest BCUT2D eigenvalue weighted by molar-refractivity contribution is 14.0. The van der Waals surface area contributed by atoms with Gasteiger partial charge in [0, 0.05) is 25.4 Å². The number of aryl methyl sites for hydroxylation is 2. The number of rotatable bonds is 7. The van der Waals surface area contributed by atoms with Crippen LogP contribution in [0.15, 0.2) is 34.6 Å². The first-order valence-corrected chi connectivity index (χ1v) is 9.03. The summed E-state index contributed by atoms with van der Waals surface area (Å²) >= 11 is 1.68. The van der Waals surface area contributed by atoms with Crippen molar-refractivity contribution in [1.29, 1.82) is 0 Å². The summed E-state index contributed by atoms with van der Waals surface area (Å²) in [4.78, 5) is 8.69. The third-order valence-electron chi connectivity index (χ3n) is 3.48. The van der Waals surface area contributed by atoms with Crippen LogP contribution in [0, 0.1) is 13.8 Å². The molecular formula is C18H27IN4OS. The fourth-order valence-electron chi connectivity index (χ4n) is 2.18. The fraction of sp³-hybridized carbons (Fsp3) is 0.444. The summed E-state index contributed by atoms with van der Waals surface area (Å²) in [5, 5.41) is 9.80. The van der Waals surface area contributed by atoms with Crippen LogP contribution in [0.25, 0.3) is 0 Å². The van der Waals surface area contributed by atoms with Crippen LogP contribution in [0.1, 0.15) is 23.2 Å². The summed E-state index contributed by atoms with van der Waals surface area (Å²) in [7, 11) is 1.77. The quantitative estimate of drug-likeness (QED) is 0.366. The molecule has 0 aliphatic heterocycles. The van der Waals surface area contributed by atoms with Crippen molar-refractivity contribution >= 4 is 41.3 Å². The Balaban J connectivity index is 0.00000312. The molecule has 1 unspecified atom stereocenters. The molecule has 138 valence electrons. The van der Waals surface area contributed by atoms with Gasteiger partial charge in [-0.1, -0.05) is 17.7 Å². The second-order valence-electron chi connectivity index (χ2n) is 5.73. The van der Waals surface area contributed by atoms with Gasteiger partial charge in [0.2, 0.25) is 0 Å². The third kappa shape index (κ3) is 8.04. The van der Waals surface area contributed by atoms with Gasteiger partial charge in [0.25, 0.3) is 0 Å². The normalized spacial score (nSPS) is 12.2. The van der Waals surface area contributed by atoms with Crippen LogP contribution < -0.4 is 15.4 Å². The minimum absolute atomic E-state index is 0. The lowest BCUT2D eigenvalue weighted by Gasteiger charge is -2.17. The molecule has 1 atom stereocenters. The summed E-state index contributed by atoms with van der Waals surface area (Å²) < 4.78 is 5.89. The van der Waals surface area contributed by atoms with Crippen molar-refractivity contribution in [2.45, 2.75) is 33.3 Å². The van der Waals surface area contributed by atoms with Crippen molar-refractivity contribution < 1.29 is 4.74 Å². The lowest BCUT2D eigenvalue weighted by molar-refractivity contribution is 0.224. The van der Waals surface area contributed by atoms with Crippen molar-refractivity contribution in [2.75, 3.05) is 20.1 Å². The van der Waals surface area contributed by atoms with Crippen LogP contribution in [-0.2, 0) is 6.42 Å². The molecule has 0 bridgehead atoms. The number of hydrogen-bond acceptors (Lipinski definition) is 4. The van der Waals surface area contributed by atoms with Crippen LogP contribution in [0.5, 0.6) is 5.75 Å². The van der Waals surface area contributed by atoms with Crippen LogP contribution >= 0.6 is 35.3 Å². The van der Waals surface area contributed by atoms with E-state index in [2.05, 4.69) is 45.0 Å². The largest absolute Gasteiger partial charge is 0.489 e. The molecular weight excluding hydrogens is 447 g/mol. The number of hydrogen-bond donors (Lipinski definition) is 2. The molecule has 1 aromatic carbocycles. The Bertz CT molecular complexity index is 657. The summed E-state index contributed by atoms with van der Waals surface area (Å²) in [6.07, 6.45) is 0.938. The SMILES string of the molecule is CN=C(NCCc1csc(C)n1)NCC(C)Oc1ccc(C)cc1.I. The van der Waals surface area contributed by atoms with E-state index in [0.29, 0.717) is 6.54 Å². The van der Waals surface area contributed by atoms with Crippen molar-refractivity contribution in [2.24, 2.45) is 4.99 Å². The summed E-state index contributed by atoms with van der Waals surface area (Å²) in [5.41, 5.74) is 2.35. The summed E-state index contributed by atoms with van der Waals surface area (Å²) in [5.74, 6) is 1.66. The maximum absolute atomic E-state index is 5.89. The number of halogens is 1. The Morgan fingerprint density at radius 3 is 2.56 bits per heavy atom. The lowest BCUT2D eigenvalue weighted by Crippen LogP contribution is -2.42. The van der Waals surface area contributed by atoms with E-state index in [-0.39, 0.29) is 30.1 Å². The Morgan fingerprint density at radius 1 is 1.24 bits per heavy atom. The number of nitrogens with one attached hydrogen (secondary N) is 2. The van der Waals surface area contributed by atoms with Crippen LogP contribution in [0.2, 0.25) is 0 Å². The second kappa shape index (κ2) is 11.3. The summed E-state index contributed by atoms with van der Waals surface area (Å²) in [6.45, 7) is 7.62. The predicted octanol–water partition coefficient (Wildman–Crippen LogP) is 3.55. The maximum Gasteiger partial charge on any atom is 0.191 e. The molecule has 0 fully saturated rings. The van der Waals surface area contributed by atoms with E-state index in [1.807, 2.05) is 26.0 Å². The van der Waals surface area contributed by atoms with Gasteiger partial charge in [0.1, 0.15) is 11.9 Å². The Hall–Kier alpha value is -1.35. The van der Waals surface area contributed by atoms with E-state index in [4.69, 9.17) is 4.74 Å². The highest BCUT2D eigenvalue weighted by atomic mass is 127. The Morgan fingerprint density at radius 2 is 1.96 bits per heavy atom. The number of aliphatic imine (C=N–C) groups is 1. The van der Waals surface area contributed by atoms with Gasteiger partial charge in [-0.2, -0.15) is 0 Å². The van der Waals surface area contributed by atoms with E-state index in [0.717, 1.165) is 35.4 Å². The van der Waals surface area contributed by atoms with E-state index in [9.17, 15) is 0 Å². The number of thiazole rings is 1. The monoisotopic (exact) mass is 474 g/mol. The Kier molecular flexibility index (Phi) is 9.81. The molecule has 25 heavy (non-hydrogen) atoms. The zero-order chi connectivity index (χ0) is 17.4. The second-order valence-corrected chi connectivity index (χ2v) is 6.79. The first-order valence-electron chi connectivity index (χ1n) is 8.15. The molecule has 0 aliphatic carbocycles. The average Bonchev–Trinajstić information content (AvgIpc) is 2.98. The van der Waals surface area contributed by atoms with Crippen LogP contribution in [-0.4, -0.2) is 37.2 Å². The summed E-state index contributed by atoms with van der Waals surface area (Å²) in [6, 6.07) is 8.09. The molecule has 1 aromatic heterocycles. The molecule has 2 rings (SSSR count). The van der Waals surface area contributed by atoms with E-state index in [1.54, 1.807) is 18.4 Å². The molecule has 7 heteroatoms. The molecule has 2 N–H and O–H groups in total. The van der Waals surface area contributed by atoms with Crippen LogP contribution in [0.4, 0.5) is 0 Å². The highest BCUT2D eigenvalue weighted by Crippen LogP contribution is 2.13. The van der Waals surface area contributed by atoms with Gasteiger partial charge in [-0.05, 0) is 32.9 Å². The van der Waals surface area contributed by atoms with Crippen LogP contribution in [0.3, 0.4) is 0 Å². The van der Waals surface area contributed by atoms with Crippen molar-refractivity contribution in [3.8, 4) is 5.75 Å². The van der Waals surface area contributed by atoms with Gasteiger partial charge in [0.05, 0.1) is 17.2 Å². The Labute approximate surface area is 171 Å². The van der Waals surface area contributed by atoms with Crippen molar-refractivity contribution in [1.82, 2.24) is 15.6 Å². The van der Waals surface area contributed by atoms with E-state index in [1.165, 1.54) is 5.56 Å². The standard InChI is InChI=1S/C18H26N4OS.HI/c1-13-5-7-17(8-6-13)23-14(2)11-21-18(19-4)20-10-9-16-12-24-15(3)22-16;/h5-8,12,14H,9-11H2,1-4H3,(H2,19,20,21);1H. The molecule has 0 aliphatic rings. The first-order chi connectivity index (χ1) is 11.6. The topological polar surface area (TPSA) is 58.5 Å². The molecule has 5 nitrogen and oxygen atoms in total. The zero-order valence-electron chi connectivity index (χ0n) is 15.2. The number of nitrogens with zero attached hydrogens (tertiary/aromatic N) is 2. The van der Waals surface area contributed by atoms with Gasteiger partial charge in [-0.15, -0.1) is 35.3 Å². The molecule has 0 saturated carbocycles. The van der Waals surface area contributed by atoms with Crippen molar-refractivity contribution in [3.05, 3.63) is 45.9 Å². The fourth-order valence-corrected chi connectivity index (χ4v) is 2.83. The lowest BCUT2D eigenvalue weighted by atomic mass is 10.2. The highest BCUT2D eigenvalue weighted by Gasteiger charge is 2.06. The van der Waals surface area contributed by atoms with Crippen molar-refractivity contribution in [3.63, 3.8) is 0 Å². The molecule has 0 saturated heterocycles. The van der Waals surface area contributed by atoms with E-state index < -0.39 is 0 Å². The zero-order valence-corrected chi connectivity index (χ0v) is 18.4. The molecule has 1 heterocycles. The molecule has 2 aromatic rings. The van der Waals surface area contributed by atoms with E-state index >= 15 is 0 Å². The molecule has 0 spiro atoms. The number of aromatic nitrogens is 1. The van der Waals surface area contributed by atoms with Gasteiger partial charge in [-0.25, -0.2) is 4.98 Å². The molecule has 0 radical (unpaired) electrons. The predicted molar refractivity (Wildman–Crippen MR) is 117 cm³/mol. The van der Waals surface area contributed by atoms with Gasteiger partial charge < -0.3 is 15.4 Å². The number of guanidine groups is 1. The third-order valence-corrected chi connectivity index (χ3v) is 4.30. The number of ether oxygens (including phenoxy) is 1. The molecule has 0 amide bonds. The minimum Gasteiger partial charge on any atom is -0.489 e. The number of benzene rings is 1. The minimum atomic E-state index is 0. The van der Waals surface area contributed by atoms with Gasteiger partial charge in [-0.3, -0.25) is 4.99 Å². The smallest absolute Gasteiger partial charge is 0.191 e. The van der Waals surface area contributed by atoms with Gasteiger partial charge >= 0.3 is 0 Å². The van der Waals surface area contributed by atoms with Gasteiger partial charge in [0.15, 0.2) is 5.96 Å². The first kappa shape index (κ1) is 21.7.